The third-order valence-electron chi connectivity index (χ3n) is 6.27. The fraction of sp³-hybridized carbons (Fsp3) is 0.667. The van der Waals surface area contributed by atoms with Gasteiger partial charge in [-0.3, -0.25) is 14.6 Å². The van der Waals surface area contributed by atoms with Crippen LogP contribution >= 0.6 is 0 Å². The van der Waals surface area contributed by atoms with Gasteiger partial charge in [-0.05, 0) is 43.7 Å². The van der Waals surface area contributed by atoms with E-state index in [1.807, 2.05) is 21.9 Å². The van der Waals surface area contributed by atoms with Gasteiger partial charge in [0.05, 0.1) is 18.8 Å². The van der Waals surface area contributed by atoms with Crippen molar-refractivity contribution in [3.63, 3.8) is 0 Å². The Labute approximate surface area is 166 Å². The van der Waals surface area contributed by atoms with Crippen molar-refractivity contribution in [2.75, 3.05) is 46.0 Å². The first-order valence-electron chi connectivity index (χ1n) is 10.3. The summed E-state index contributed by atoms with van der Waals surface area (Å²) in [5.41, 5.74) is 0.312. The number of ether oxygens (including phenoxy) is 2. The van der Waals surface area contributed by atoms with Crippen LogP contribution in [0.1, 0.15) is 42.6 Å². The first-order chi connectivity index (χ1) is 13.7. The zero-order chi connectivity index (χ0) is 19.4. The van der Waals surface area contributed by atoms with E-state index >= 15 is 0 Å². The molecule has 3 fully saturated rings. The second-order valence-electron chi connectivity index (χ2n) is 8.09. The van der Waals surface area contributed by atoms with Crippen LogP contribution in [0.25, 0.3) is 0 Å². The molecule has 7 heteroatoms. The number of morpholine rings is 1. The highest BCUT2D eigenvalue weighted by Crippen LogP contribution is 2.39. The lowest BCUT2D eigenvalue weighted by Crippen LogP contribution is -2.51. The molecule has 3 saturated heterocycles. The topological polar surface area (TPSA) is 72.0 Å². The van der Waals surface area contributed by atoms with Crippen molar-refractivity contribution in [1.29, 1.82) is 0 Å². The maximum atomic E-state index is 12.6. The molecule has 0 N–H and O–H groups in total. The van der Waals surface area contributed by atoms with Crippen LogP contribution in [0.5, 0.6) is 0 Å². The monoisotopic (exact) mass is 387 g/mol. The van der Waals surface area contributed by atoms with Gasteiger partial charge in [0.1, 0.15) is 5.69 Å². The lowest BCUT2D eigenvalue weighted by Gasteiger charge is -2.46. The van der Waals surface area contributed by atoms with Crippen molar-refractivity contribution in [3.8, 4) is 0 Å². The molecule has 0 bridgehead atoms. The minimum Gasteiger partial charge on any atom is -0.378 e. The highest BCUT2D eigenvalue weighted by Gasteiger charge is 2.42. The lowest BCUT2D eigenvalue weighted by atomic mass is 9.78. The Kier molecular flexibility index (Phi) is 5.92. The molecule has 28 heavy (non-hydrogen) atoms. The van der Waals surface area contributed by atoms with Crippen molar-refractivity contribution in [1.82, 2.24) is 14.8 Å². The molecule has 4 heterocycles. The number of carbonyl (C=O) groups excluding carboxylic acids is 2. The second kappa shape index (κ2) is 8.57. The zero-order valence-electron chi connectivity index (χ0n) is 16.3. The van der Waals surface area contributed by atoms with E-state index in [1.54, 1.807) is 12.3 Å². The molecule has 2 amide bonds. The second-order valence-corrected chi connectivity index (χ2v) is 8.09. The van der Waals surface area contributed by atoms with Crippen molar-refractivity contribution >= 4 is 11.8 Å². The number of likely N-dealkylation sites (tertiary alicyclic amines) is 1. The minimum atomic E-state index is -0.185. The first-order valence-corrected chi connectivity index (χ1v) is 10.3. The smallest absolute Gasteiger partial charge is 0.272 e. The van der Waals surface area contributed by atoms with E-state index in [-0.39, 0.29) is 17.4 Å². The van der Waals surface area contributed by atoms with E-state index in [4.69, 9.17) is 9.47 Å². The number of nitrogens with zero attached hydrogens (tertiary/aromatic N) is 3. The molecule has 4 rings (SSSR count). The summed E-state index contributed by atoms with van der Waals surface area (Å²) >= 11 is 0. The number of hydrogen-bond donors (Lipinski definition) is 0. The SMILES string of the molecule is O=C(CC1CCOC2(CCN(C(=O)c3ccccn3)CC2)C1)N1CCOCC1. The van der Waals surface area contributed by atoms with Gasteiger partial charge in [-0.1, -0.05) is 6.07 Å². The van der Waals surface area contributed by atoms with Gasteiger partial charge in [-0.25, -0.2) is 0 Å². The van der Waals surface area contributed by atoms with E-state index in [0.29, 0.717) is 64.0 Å². The molecule has 1 unspecified atom stereocenters. The highest BCUT2D eigenvalue weighted by molar-refractivity contribution is 5.92. The lowest BCUT2D eigenvalue weighted by molar-refractivity contribution is -0.143. The molecule has 1 aromatic rings. The normalized spacial score (nSPS) is 24.9. The van der Waals surface area contributed by atoms with Crippen molar-refractivity contribution in [3.05, 3.63) is 30.1 Å². The first kappa shape index (κ1) is 19.3. The molecule has 0 radical (unpaired) electrons. The van der Waals surface area contributed by atoms with Crippen molar-refractivity contribution in [2.45, 2.75) is 37.7 Å². The highest BCUT2D eigenvalue weighted by atomic mass is 16.5. The zero-order valence-corrected chi connectivity index (χ0v) is 16.3. The Morgan fingerprint density at radius 3 is 2.57 bits per heavy atom. The van der Waals surface area contributed by atoms with E-state index in [9.17, 15) is 9.59 Å². The van der Waals surface area contributed by atoms with Gasteiger partial charge in [0.15, 0.2) is 0 Å². The van der Waals surface area contributed by atoms with Crippen molar-refractivity contribution in [2.24, 2.45) is 5.92 Å². The summed E-state index contributed by atoms with van der Waals surface area (Å²) in [4.78, 5) is 33.2. The number of pyridine rings is 1. The Morgan fingerprint density at radius 2 is 1.86 bits per heavy atom. The standard InChI is InChI=1S/C21H29N3O4/c25-19(23-10-13-27-14-11-23)15-17-4-12-28-21(16-17)5-8-24(9-6-21)20(26)18-3-1-2-7-22-18/h1-3,7,17H,4-6,8-16H2. The predicted molar refractivity (Wildman–Crippen MR) is 103 cm³/mol. The van der Waals surface area contributed by atoms with Gasteiger partial charge in [0.25, 0.3) is 5.91 Å². The molecule has 152 valence electrons. The van der Waals surface area contributed by atoms with Crippen LogP contribution in [0.15, 0.2) is 24.4 Å². The van der Waals surface area contributed by atoms with Crippen LogP contribution in [-0.4, -0.2) is 78.2 Å². The van der Waals surface area contributed by atoms with Crippen LogP contribution in [0.4, 0.5) is 0 Å². The Balaban J connectivity index is 1.31. The summed E-state index contributed by atoms with van der Waals surface area (Å²) < 4.78 is 11.5. The summed E-state index contributed by atoms with van der Waals surface area (Å²) in [6.07, 6.45) is 5.76. The molecule has 0 aliphatic carbocycles. The van der Waals surface area contributed by atoms with Crippen molar-refractivity contribution < 1.29 is 19.1 Å². The molecular formula is C21H29N3O4. The van der Waals surface area contributed by atoms with Crippen LogP contribution in [0.2, 0.25) is 0 Å². The summed E-state index contributed by atoms with van der Waals surface area (Å²) in [6.45, 7) is 4.76. The van der Waals surface area contributed by atoms with E-state index in [1.165, 1.54) is 0 Å². The van der Waals surface area contributed by atoms with E-state index in [2.05, 4.69) is 4.98 Å². The molecule has 3 aliphatic heterocycles. The Morgan fingerprint density at radius 1 is 1.07 bits per heavy atom. The van der Waals surface area contributed by atoms with Crippen LogP contribution in [0, 0.1) is 5.92 Å². The van der Waals surface area contributed by atoms with Gasteiger partial charge < -0.3 is 19.3 Å². The minimum absolute atomic E-state index is 0.00898. The van der Waals surface area contributed by atoms with Gasteiger partial charge in [-0.2, -0.15) is 0 Å². The van der Waals surface area contributed by atoms with Gasteiger partial charge in [0.2, 0.25) is 5.91 Å². The molecule has 3 aliphatic rings. The summed E-state index contributed by atoms with van der Waals surface area (Å²) in [5, 5.41) is 0. The molecule has 7 nitrogen and oxygen atoms in total. The number of hydrogen-bond acceptors (Lipinski definition) is 5. The summed E-state index contributed by atoms with van der Waals surface area (Å²) in [7, 11) is 0. The van der Waals surface area contributed by atoms with Gasteiger partial charge in [0, 0.05) is 45.4 Å². The average Bonchev–Trinajstić information content (AvgIpc) is 2.75. The van der Waals surface area contributed by atoms with Gasteiger partial charge >= 0.3 is 0 Å². The molecular weight excluding hydrogens is 358 g/mol. The maximum absolute atomic E-state index is 12.6. The summed E-state index contributed by atoms with van der Waals surface area (Å²) in [6, 6.07) is 5.42. The number of amides is 2. The molecule has 0 saturated carbocycles. The third kappa shape index (κ3) is 4.36. The molecule has 1 atom stereocenters. The number of carbonyl (C=O) groups is 2. The third-order valence-corrected chi connectivity index (χ3v) is 6.27. The molecule has 1 spiro atoms. The van der Waals surface area contributed by atoms with E-state index < -0.39 is 0 Å². The van der Waals surface area contributed by atoms with Crippen LogP contribution in [-0.2, 0) is 14.3 Å². The van der Waals surface area contributed by atoms with Gasteiger partial charge in [-0.15, -0.1) is 0 Å². The van der Waals surface area contributed by atoms with Crippen LogP contribution in [0.3, 0.4) is 0 Å². The number of piperidine rings is 1. The molecule has 1 aromatic heterocycles. The average molecular weight is 387 g/mol. The maximum Gasteiger partial charge on any atom is 0.272 e. The molecule has 0 aromatic carbocycles. The fourth-order valence-corrected chi connectivity index (χ4v) is 4.61. The largest absolute Gasteiger partial charge is 0.378 e. The predicted octanol–water partition coefficient (Wildman–Crippen LogP) is 1.73. The fourth-order valence-electron chi connectivity index (χ4n) is 4.61. The Bertz CT molecular complexity index is 682. The quantitative estimate of drug-likeness (QED) is 0.790. The van der Waals surface area contributed by atoms with Crippen LogP contribution < -0.4 is 0 Å². The number of aromatic nitrogens is 1. The number of rotatable bonds is 3. The van der Waals surface area contributed by atoms with E-state index in [0.717, 1.165) is 25.7 Å². The summed E-state index contributed by atoms with van der Waals surface area (Å²) in [5.74, 6) is 0.598. The Hall–Kier alpha value is -1.99.